The fourth-order valence-corrected chi connectivity index (χ4v) is 2.85. The summed E-state index contributed by atoms with van der Waals surface area (Å²) >= 11 is 0. The zero-order valence-corrected chi connectivity index (χ0v) is 12.7. The molecule has 1 heterocycles. The van der Waals surface area contributed by atoms with Crippen LogP contribution < -0.4 is 5.32 Å². The van der Waals surface area contributed by atoms with Gasteiger partial charge < -0.3 is 10.3 Å². The summed E-state index contributed by atoms with van der Waals surface area (Å²) in [6.45, 7) is 2.26. The number of hydrogen-bond acceptors (Lipinski definition) is 1. The number of para-hydroxylation sites is 1. The van der Waals surface area contributed by atoms with Crippen LogP contribution in [0.25, 0.3) is 22.0 Å². The van der Waals surface area contributed by atoms with Crippen LogP contribution in [-0.4, -0.2) is 17.4 Å². The maximum absolute atomic E-state index is 11.0. The molecule has 0 spiro atoms. The summed E-state index contributed by atoms with van der Waals surface area (Å²) in [6, 6.07) is 18.9. The normalized spacial score (nSPS) is 10.8. The van der Waals surface area contributed by atoms with E-state index in [1.165, 1.54) is 22.2 Å². The Labute approximate surface area is 130 Å². The number of nitrogens with one attached hydrogen (secondary N) is 2. The Kier molecular flexibility index (Phi) is 4.24. The number of aryl methyl sites for hydroxylation is 1. The molecule has 3 nitrogen and oxygen atoms in total. The average molecular weight is 292 g/mol. The van der Waals surface area contributed by atoms with Crippen LogP contribution >= 0.6 is 0 Å². The van der Waals surface area contributed by atoms with E-state index in [0.717, 1.165) is 18.4 Å². The van der Waals surface area contributed by atoms with Gasteiger partial charge in [0, 0.05) is 35.6 Å². The first-order chi connectivity index (χ1) is 10.8. The van der Waals surface area contributed by atoms with Gasteiger partial charge in [-0.05, 0) is 24.5 Å². The minimum Gasteiger partial charge on any atom is -0.358 e. The lowest BCUT2D eigenvalue weighted by atomic mass is 10.00. The molecule has 0 unspecified atom stereocenters. The summed E-state index contributed by atoms with van der Waals surface area (Å²) < 4.78 is 0. The van der Waals surface area contributed by atoms with Crippen LogP contribution in [0, 0.1) is 0 Å². The van der Waals surface area contributed by atoms with E-state index in [4.69, 9.17) is 0 Å². The number of H-pyrrole nitrogens is 1. The molecule has 3 rings (SSSR count). The van der Waals surface area contributed by atoms with Crippen molar-refractivity contribution >= 4 is 16.8 Å². The van der Waals surface area contributed by atoms with Crippen molar-refractivity contribution in [2.75, 3.05) is 6.54 Å². The Bertz CT molecular complexity index is 774. The quantitative estimate of drug-likeness (QED) is 0.688. The van der Waals surface area contributed by atoms with Crippen molar-refractivity contribution < 1.29 is 4.79 Å². The SMILES string of the molecule is CC(=O)NCCCc1[nH]c2ccccc2c1-c1ccccc1. The first kappa shape index (κ1) is 14.4. The standard InChI is InChI=1S/C19H20N2O/c1-14(22)20-13-7-12-18-19(15-8-3-2-4-9-15)16-10-5-6-11-17(16)21-18/h2-6,8-11,21H,7,12-13H2,1H3,(H,20,22). The molecule has 1 aromatic heterocycles. The lowest BCUT2D eigenvalue weighted by molar-refractivity contribution is -0.118. The van der Waals surface area contributed by atoms with Gasteiger partial charge in [0.25, 0.3) is 0 Å². The molecule has 0 saturated heterocycles. The van der Waals surface area contributed by atoms with Crippen LogP contribution in [0.4, 0.5) is 0 Å². The monoisotopic (exact) mass is 292 g/mol. The van der Waals surface area contributed by atoms with E-state index in [9.17, 15) is 4.79 Å². The topological polar surface area (TPSA) is 44.9 Å². The van der Waals surface area contributed by atoms with E-state index in [0.29, 0.717) is 6.54 Å². The Hall–Kier alpha value is -2.55. The van der Waals surface area contributed by atoms with Gasteiger partial charge in [-0.15, -0.1) is 0 Å². The van der Waals surface area contributed by atoms with Gasteiger partial charge in [0.15, 0.2) is 0 Å². The number of aromatic nitrogens is 1. The molecule has 3 aromatic rings. The molecule has 0 aliphatic heterocycles. The number of aromatic amines is 1. The Morgan fingerprint density at radius 2 is 1.77 bits per heavy atom. The Morgan fingerprint density at radius 3 is 2.55 bits per heavy atom. The van der Waals surface area contributed by atoms with Crippen LogP contribution in [0.15, 0.2) is 54.6 Å². The van der Waals surface area contributed by atoms with Crippen molar-refractivity contribution in [2.45, 2.75) is 19.8 Å². The van der Waals surface area contributed by atoms with Crippen LogP contribution in [-0.2, 0) is 11.2 Å². The zero-order chi connectivity index (χ0) is 15.4. The number of benzene rings is 2. The summed E-state index contributed by atoms with van der Waals surface area (Å²) in [5.41, 5.74) is 4.90. The molecule has 0 radical (unpaired) electrons. The molecule has 0 aliphatic carbocycles. The van der Waals surface area contributed by atoms with E-state index in [2.05, 4.69) is 58.8 Å². The second kappa shape index (κ2) is 6.48. The van der Waals surface area contributed by atoms with Gasteiger partial charge in [-0.2, -0.15) is 0 Å². The lowest BCUT2D eigenvalue weighted by Gasteiger charge is -2.06. The summed E-state index contributed by atoms with van der Waals surface area (Å²) in [5.74, 6) is 0.0277. The third kappa shape index (κ3) is 3.03. The predicted octanol–water partition coefficient (Wildman–Crippen LogP) is 3.90. The number of hydrogen-bond donors (Lipinski definition) is 2. The number of amides is 1. The minimum atomic E-state index is 0.0277. The second-order valence-corrected chi connectivity index (χ2v) is 5.48. The van der Waals surface area contributed by atoms with Crippen molar-refractivity contribution in [3.63, 3.8) is 0 Å². The van der Waals surface area contributed by atoms with Crippen LogP contribution in [0.5, 0.6) is 0 Å². The molecule has 3 heteroatoms. The Balaban J connectivity index is 1.93. The molecular weight excluding hydrogens is 272 g/mol. The highest BCUT2D eigenvalue weighted by atomic mass is 16.1. The predicted molar refractivity (Wildman–Crippen MR) is 90.7 cm³/mol. The highest BCUT2D eigenvalue weighted by Crippen LogP contribution is 2.32. The van der Waals surface area contributed by atoms with Gasteiger partial charge in [0.1, 0.15) is 0 Å². The van der Waals surface area contributed by atoms with E-state index in [1.54, 1.807) is 6.92 Å². The summed E-state index contributed by atoms with van der Waals surface area (Å²) in [7, 11) is 0. The third-order valence-electron chi connectivity index (χ3n) is 3.82. The molecule has 1 amide bonds. The first-order valence-electron chi connectivity index (χ1n) is 7.65. The maximum Gasteiger partial charge on any atom is 0.216 e. The minimum absolute atomic E-state index is 0.0277. The fraction of sp³-hybridized carbons (Fsp3) is 0.211. The fourth-order valence-electron chi connectivity index (χ4n) is 2.85. The zero-order valence-electron chi connectivity index (χ0n) is 12.7. The van der Waals surface area contributed by atoms with Gasteiger partial charge in [-0.1, -0.05) is 48.5 Å². The molecule has 2 N–H and O–H groups in total. The van der Waals surface area contributed by atoms with Crippen molar-refractivity contribution in [3.05, 3.63) is 60.3 Å². The van der Waals surface area contributed by atoms with E-state index >= 15 is 0 Å². The van der Waals surface area contributed by atoms with Crippen LogP contribution in [0.2, 0.25) is 0 Å². The largest absolute Gasteiger partial charge is 0.358 e. The number of rotatable bonds is 5. The molecule has 0 saturated carbocycles. The number of carbonyl (C=O) groups excluding carboxylic acids is 1. The lowest BCUT2D eigenvalue weighted by Crippen LogP contribution is -2.21. The Morgan fingerprint density at radius 1 is 1.05 bits per heavy atom. The smallest absolute Gasteiger partial charge is 0.216 e. The van der Waals surface area contributed by atoms with E-state index < -0.39 is 0 Å². The second-order valence-electron chi connectivity index (χ2n) is 5.48. The number of fused-ring (bicyclic) bond motifs is 1. The number of carbonyl (C=O) groups is 1. The van der Waals surface area contributed by atoms with Crippen molar-refractivity contribution in [2.24, 2.45) is 0 Å². The van der Waals surface area contributed by atoms with Gasteiger partial charge >= 0.3 is 0 Å². The van der Waals surface area contributed by atoms with Crippen molar-refractivity contribution in [1.29, 1.82) is 0 Å². The summed E-state index contributed by atoms with van der Waals surface area (Å²) in [4.78, 5) is 14.5. The van der Waals surface area contributed by atoms with E-state index in [1.807, 2.05) is 6.07 Å². The molecule has 0 atom stereocenters. The first-order valence-corrected chi connectivity index (χ1v) is 7.65. The maximum atomic E-state index is 11.0. The van der Waals surface area contributed by atoms with Gasteiger partial charge in [0.05, 0.1) is 0 Å². The highest BCUT2D eigenvalue weighted by molar-refractivity contribution is 5.97. The average Bonchev–Trinajstić information content (AvgIpc) is 2.90. The van der Waals surface area contributed by atoms with Crippen LogP contribution in [0.1, 0.15) is 19.0 Å². The molecule has 112 valence electrons. The van der Waals surface area contributed by atoms with Gasteiger partial charge in [0.2, 0.25) is 5.91 Å². The highest BCUT2D eigenvalue weighted by Gasteiger charge is 2.12. The molecule has 0 bridgehead atoms. The molecule has 2 aromatic carbocycles. The third-order valence-corrected chi connectivity index (χ3v) is 3.82. The van der Waals surface area contributed by atoms with Crippen molar-refractivity contribution in [3.8, 4) is 11.1 Å². The van der Waals surface area contributed by atoms with Gasteiger partial charge in [-0.3, -0.25) is 4.79 Å². The molecule has 0 fully saturated rings. The van der Waals surface area contributed by atoms with Gasteiger partial charge in [-0.25, -0.2) is 0 Å². The molecule has 0 aliphatic rings. The molecule has 22 heavy (non-hydrogen) atoms. The van der Waals surface area contributed by atoms with E-state index in [-0.39, 0.29) is 5.91 Å². The summed E-state index contributed by atoms with van der Waals surface area (Å²) in [5, 5.41) is 4.11. The van der Waals surface area contributed by atoms with Crippen molar-refractivity contribution in [1.82, 2.24) is 10.3 Å². The molecular formula is C19H20N2O. The van der Waals surface area contributed by atoms with Crippen LogP contribution in [0.3, 0.4) is 0 Å². The summed E-state index contributed by atoms with van der Waals surface area (Å²) in [6.07, 6.45) is 1.84.